The summed E-state index contributed by atoms with van der Waals surface area (Å²) in [6.45, 7) is 6.23. The molecular weight excluding hydrogens is 274 g/mol. The highest BCUT2D eigenvalue weighted by molar-refractivity contribution is 7.89. The van der Waals surface area contributed by atoms with E-state index >= 15 is 0 Å². The monoisotopic (exact) mass is 297 g/mol. The molecule has 3 N–H and O–H groups in total. The van der Waals surface area contributed by atoms with Crippen LogP contribution in [0.3, 0.4) is 0 Å². The zero-order chi connectivity index (χ0) is 14.9. The minimum atomic E-state index is -3.42. The van der Waals surface area contributed by atoms with Crippen LogP contribution in [-0.4, -0.2) is 25.3 Å². The fourth-order valence-electron chi connectivity index (χ4n) is 2.64. The summed E-state index contributed by atoms with van der Waals surface area (Å²) in [6, 6.07) is 3.74. The summed E-state index contributed by atoms with van der Waals surface area (Å²) in [5, 5.41) is 0. The van der Waals surface area contributed by atoms with Gasteiger partial charge in [0.05, 0.1) is 4.90 Å². The van der Waals surface area contributed by atoms with Crippen LogP contribution in [0.15, 0.2) is 17.0 Å². The number of sulfonamides is 1. The maximum Gasteiger partial charge on any atom is 0.243 e. The Bertz CT molecular complexity index is 571. The first-order chi connectivity index (χ1) is 9.41. The lowest BCUT2D eigenvalue weighted by Crippen LogP contribution is -2.34. The van der Waals surface area contributed by atoms with Crippen molar-refractivity contribution in [3.05, 3.63) is 23.3 Å². The first-order valence-electron chi connectivity index (χ1n) is 7.01. The normalized spacial score (nSPS) is 15.7. The second-order valence-corrected chi connectivity index (χ2v) is 7.26. The Hall–Kier alpha value is -1.11. The topological polar surface area (TPSA) is 75.4 Å². The highest BCUT2D eigenvalue weighted by atomic mass is 32.2. The van der Waals surface area contributed by atoms with Crippen LogP contribution in [0, 0.1) is 13.8 Å². The van der Waals surface area contributed by atoms with Crippen LogP contribution < -0.4 is 11.3 Å². The maximum atomic E-state index is 12.9. The van der Waals surface area contributed by atoms with E-state index in [-0.39, 0.29) is 6.04 Å². The van der Waals surface area contributed by atoms with Gasteiger partial charge in [-0.1, -0.05) is 6.92 Å². The highest BCUT2D eigenvalue weighted by Crippen LogP contribution is 2.35. The molecule has 112 valence electrons. The van der Waals surface area contributed by atoms with Gasteiger partial charge in [0.25, 0.3) is 0 Å². The maximum absolute atomic E-state index is 12.9. The summed E-state index contributed by atoms with van der Waals surface area (Å²) in [5.74, 6) is 5.40. The van der Waals surface area contributed by atoms with Crippen molar-refractivity contribution in [3.63, 3.8) is 0 Å². The number of rotatable bonds is 6. The molecule has 6 heteroatoms. The summed E-state index contributed by atoms with van der Waals surface area (Å²) in [7, 11) is -3.42. The SMILES string of the molecule is CCCN(C1CC1)S(=O)(=O)c1c(C)cc(NN)cc1C. The number of hydrogen-bond donors (Lipinski definition) is 2. The minimum absolute atomic E-state index is 0.186. The van der Waals surface area contributed by atoms with Crippen LogP contribution in [0.2, 0.25) is 0 Å². The van der Waals surface area contributed by atoms with Gasteiger partial charge in [-0.2, -0.15) is 4.31 Å². The predicted molar refractivity (Wildman–Crippen MR) is 80.9 cm³/mol. The molecule has 0 unspecified atom stereocenters. The Morgan fingerprint density at radius 3 is 2.25 bits per heavy atom. The molecule has 0 spiro atoms. The van der Waals surface area contributed by atoms with Gasteiger partial charge in [0.1, 0.15) is 0 Å². The average molecular weight is 297 g/mol. The fraction of sp³-hybridized carbons (Fsp3) is 0.571. The molecule has 0 saturated heterocycles. The summed E-state index contributed by atoms with van der Waals surface area (Å²) in [4.78, 5) is 0.428. The van der Waals surface area contributed by atoms with Crippen molar-refractivity contribution < 1.29 is 8.42 Å². The van der Waals surface area contributed by atoms with E-state index in [4.69, 9.17) is 5.84 Å². The van der Waals surface area contributed by atoms with E-state index in [0.717, 1.165) is 36.1 Å². The molecular formula is C14H23N3O2S. The quantitative estimate of drug-likeness (QED) is 0.623. The number of aryl methyl sites for hydroxylation is 2. The van der Waals surface area contributed by atoms with Gasteiger partial charge >= 0.3 is 0 Å². The number of hydrazine groups is 1. The first kappa shape index (κ1) is 15.3. The van der Waals surface area contributed by atoms with Gasteiger partial charge in [-0.3, -0.25) is 5.84 Å². The lowest BCUT2D eigenvalue weighted by molar-refractivity contribution is 0.402. The molecule has 20 heavy (non-hydrogen) atoms. The van der Waals surface area contributed by atoms with E-state index in [1.807, 2.05) is 20.8 Å². The standard InChI is InChI=1S/C14H23N3O2S/c1-4-7-17(13-5-6-13)20(18,19)14-10(2)8-12(16-15)9-11(14)3/h8-9,13,16H,4-7,15H2,1-3H3. The smallest absolute Gasteiger partial charge is 0.243 e. The highest BCUT2D eigenvalue weighted by Gasteiger charge is 2.38. The van der Waals surface area contributed by atoms with Crippen molar-refractivity contribution in [2.24, 2.45) is 5.84 Å². The van der Waals surface area contributed by atoms with Gasteiger partial charge in [-0.25, -0.2) is 8.42 Å². The summed E-state index contributed by atoms with van der Waals surface area (Å²) < 4.78 is 27.5. The van der Waals surface area contributed by atoms with Crippen molar-refractivity contribution in [1.82, 2.24) is 4.31 Å². The number of nitrogens with one attached hydrogen (secondary N) is 1. The van der Waals surface area contributed by atoms with Gasteiger partial charge in [0.2, 0.25) is 10.0 Å². The van der Waals surface area contributed by atoms with Gasteiger partial charge in [0.15, 0.2) is 0 Å². The number of anilines is 1. The third-order valence-corrected chi connectivity index (χ3v) is 5.85. The second-order valence-electron chi connectivity index (χ2n) is 5.43. The van der Waals surface area contributed by atoms with Gasteiger partial charge in [-0.05, 0) is 56.4 Å². The van der Waals surface area contributed by atoms with Crippen molar-refractivity contribution in [1.29, 1.82) is 0 Å². The fourth-order valence-corrected chi connectivity index (χ4v) is 4.83. The van der Waals surface area contributed by atoms with E-state index in [0.29, 0.717) is 11.4 Å². The molecule has 0 bridgehead atoms. The molecule has 0 radical (unpaired) electrons. The van der Waals surface area contributed by atoms with E-state index in [2.05, 4.69) is 5.43 Å². The number of hydrogen-bond acceptors (Lipinski definition) is 4. The third kappa shape index (κ3) is 2.82. The van der Waals surface area contributed by atoms with E-state index in [9.17, 15) is 8.42 Å². The van der Waals surface area contributed by atoms with E-state index in [1.165, 1.54) is 0 Å². The number of nitrogens with two attached hydrogens (primary N) is 1. The molecule has 0 amide bonds. The molecule has 1 aromatic carbocycles. The number of nitrogens with zero attached hydrogens (tertiary/aromatic N) is 1. The van der Waals surface area contributed by atoms with Gasteiger partial charge in [0, 0.05) is 18.3 Å². The molecule has 0 heterocycles. The van der Waals surface area contributed by atoms with Crippen molar-refractivity contribution >= 4 is 15.7 Å². The molecule has 1 saturated carbocycles. The molecule has 5 nitrogen and oxygen atoms in total. The predicted octanol–water partition coefficient (Wildman–Crippen LogP) is 2.15. The Labute approximate surface area is 121 Å². The molecule has 1 aliphatic carbocycles. The molecule has 1 fully saturated rings. The summed E-state index contributed by atoms with van der Waals surface area (Å²) in [6.07, 6.45) is 2.77. The Balaban J connectivity index is 2.48. The Kier molecular flexibility index (Phi) is 4.36. The molecule has 0 aliphatic heterocycles. The zero-order valence-corrected chi connectivity index (χ0v) is 13.1. The lowest BCUT2D eigenvalue weighted by atomic mass is 10.1. The van der Waals surface area contributed by atoms with Crippen molar-refractivity contribution in [2.45, 2.75) is 51.0 Å². The third-order valence-electron chi connectivity index (χ3n) is 3.59. The molecule has 1 aromatic rings. The molecule has 1 aliphatic rings. The van der Waals surface area contributed by atoms with Crippen LogP contribution in [0.1, 0.15) is 37.3 Å². The van der Waals surface area contributed by atoms with Crippen molar-refractivity contribution in [3.8, 4) is 0 Å². The second kappa shape index (κ2) is 5.71. The van der Waals surface area contributed by atoms with Gasteiger partial charge < -0.3 is 5.43 Å². The number of benzene rings is 1. The summed E-state index contributed by atoms with van der Waals surface area (Å²) >= 11 is 0. The van der Waals surface area contributed by atoms with Crippen LogP contribution >= 0.6 is 0 Å². The van der Waals surface area contributed by atoms with Crippen molar-refractivity contribution in [2.75, 3.05) is 12.0 Å². The minimum Gasteiger partial charge on any atom is -0.324 e. The van der Waals surface area contributed by atoms with Crippen LogP contribution in [0.4, 0.5) is 5.69 Å². The zero-order valence-electron chi connectivity index (χ0n) is 12.3. The van der Waals surface area contributed by atoms with Crippen LogP contribution in [0.5, 0.6) is 0 Å². The average Bonchev–Trinajstić information content (AvgIpc) is 3.18. The summed E-state index contributed by atoms with van der Waals surface area (Å²) in [5.41, 5.74) is 4.77. The molecule has 0 aromatic heterocycles. The Morgan fingerprint density at radius 2 is 1.85 bits per heavy atom. The first-order valence-corrected chi connectivity index (χ1v) is 8.45. The van der Waals surface area contributed by atoms with Crippen LogP contribution in [-0.2, 0) is 10.0 Å². The Morgan fingerprint density at radius 1 is 1.30 bits per heavy atom. The van der Waals surface area contributed by atoms with Gasteiger partial charge in [-0.15, -0.1) is 0 Å². The van der Waals surface area contributed by atoms with E-state index in [1.54, 1.807) is 16.4 Å². The molecule has 2 rings (SSSR count). The lowest BCUT2D eigenvalue weighted by Gasteiger charge is -2.24. The molecule has 0 atom stereocenters. The largest absolute Gasteiger partial charge is 0.324 e. The van der Waals surface area contributed by atoms with E-state index < -0.39 is 10.0 Å². The van der Waals surface area contributed by atoms with Crippen LogP contribution in [0.25, 0.3) is 0 Å². The number of nitrogen functional groups attached to an aromatic ring is 1.